The van der Waals surface area contributed by atoms with Gasteiger partial charge in [-0.05, 0) is 25.2 Å². The highest BCUT2D eigenvalue weighted by atomic mass is 19.1. The van der Waals surface area contributed by atoms with E-state index in [9.17, 15) is 4.39 Å². The third-order valence-corrected chi connectivity index (χ3v) is 2.88. The van der Waals surface area contributed by atoms with Crippen LogP contribution in [0.15, 0.2) is 18.2 Å². The molecular weight excluding hydrogens is 221 g/mol. The maximum absolute atomic E-state index is 13.0. The molecule has 1 aliphatic heterocycles. The van der Waals surface area contributed by atoms with Gasteiger partial charge in [-0.15, -0.1) is 0 Å². The number of nitrogens with zero attached hydrogens (tertiary/aromatic N) is 1. The standard InChI is InChI=1S/C12H18FN3O/c1-16-4-5-17-10(8-16)7-15-12-6-9(13)2-3-11(12)14/h2-3,6,10,15H,4-5,7-8,14H2,1H3. The number of nitrogen functional groups attached to an aromatic ring is 1. The molecule has 0 radical (unpaired) electrons. The minimum atomic E-state index is -0.289. The predicted molar refractivity (Wildman–Crippen MR) is 66.5 cm³/mol. The van der Waals surface area contributed by atoms with E-state index in [1.54, 1.807) is 6.07 Å². The van der Waals surface area contributed by atoms with Gasteiger partial charge in [-0.2, -0.15) is 0 Å². The zero-order valence-electron chi connectivity index (χ0n) is 9.95. The van der Waals surface area contributed by atoms with Gasteiger partial charge in [0.05, 0.1) is 24.1 Å². The average molecular weight is 239 g/mol. The number of rotatable bonds is 3. The first-order valence-electron chi connectivity index (χ1n) is 5.74. The Labute approximate surface area is 101 Å². The summed E-state index contributed by atoms with van der Waals surface area (Å²) in [4.78, 5) is 2.21. The lowest BCUT2D eigenvalue weighted by Gasteiger charge is -2.30. The maximum Gasteiger partial charge on any atom is 0.125 e. The van der Waals surface area contributed by atoms with Gasteiger partial charge in [0, 0.05) is 19.6 Å². The van der Waals surface area contributed by atoms with E-state index in [4.69, 9.17) is 10.5 Å². The van der Waals surface area contributed by atoms with E-state index >= 15 is 0 Å². The van der Waals surface area contributed by atoms with Gasteiger partial charge < -0.3 is 20.7 Å². The minimum Gasteiger partial charge on any atom is -0.397 e. The summed E-state index contributed by atoms with van der Waals surface area (Å²) in [6.07, 6.45) is 0.122. The van der Waals surface area contributed by atoms with E-state index in [0.29, 0.717) is 17.9 Å². The van der Waals surface area contributed by atoms with Crippen molar-refractivity contribution in [2.24, 2.45) is 0 Å². The molecule has 1 heterocycles. The molecule has 1 aromatic rings. The Morgan fingerprint density at radius 3 is 3.18 bits per heavy atom. The van der Waals surface area contributed by atoms with Crippen LogP contribution in [0.4, 0.5) is 15.8 Å². The van der Waals surface area contributed by atoms with Crippen molar-refractivity contribution in [3.8, 4) is 0 Å². The molecule has 1 unspecified atom stereocenters. The van der Waals surface area contributed by atoms with Gasteiger partial charge in [0.25, 0.3) is 0 Å². The highest BCUT2D eigenvalue weighted by molar-refractivity contribution is 5.65. The van der Waals surface area contributed by atoms with Crippen molar-refractivity contribution in [3.63, 3.8) is 0 Å². The molecule has 0 saturated carbocycles. The largest absolute Gasteiger partial charge is 0.397 e. The number of halogens is 1. The molecule has 0 bridgehead atoms. The fraction of sp³-hybridized carbons (Fsp3) is 0.500. The highest BCUT2D eigenvalue weighted by Crippen LogP contribution is 2.19. The molecule has 0 aromatic heterocycles. The summed E-state index contributed by atoms with van der Waals surface area (Å²) in [7, 11) is 2.06. The van der Waals surface area contributed by atoms with Gasteiger partial charge in [0.15, 0.2) is 0 Å². The van der Waals surface area contributed by atoms with Gasteiger partial charge in [-0.1, -0.05) is 0 Å². The Balaban J connectivity index is 1.90. The maximum atomic E-state index is 13.0. The smallest absolute Gasteiger partial charge is 0.125 e. The predicted octanol–water partition coefficient (Wildman–Crippen LogP) is 1.15. The molecule has 3 N–H and O–H groups in total. The summed E-state index contributed by atoms with van der Waals surface area (Å²) >= 11 is 0. The molecule has 2 rings (SSSR count). The highest BCUT2D eigenvalue weighted by Gasteiger charge is 2.17. The van der Waals surface area contributed by atoms with Gasteiger partial charge in [0.2, 0.25) is 0 Å². The topological polar surface area (TPSA) is 50.5 Å². The molecule has 1 aromatic carbocycles. The third kappa shape index (κ3) is 3.31. The van der Waals surface area contributed by atoms with Crippen LogP contribution in [0.25, 0.3) is 0 Å². The molecule has 1 atom stereocenters. The average Bonchev–Trinajstić information content (AvgIpc) is 2.30. The molecule has 0 spiro atoms. The lowest BCUT2D eigenvalue weighted by atomic mass is 10.2. The van der Waals surface area contributed by atoms with E-state index in [2.05, 4.69) is 17.3 Å². The van der Waals surface area contributed by atoms with Gasteiger partial charge in [-0.25, -0.2) is 4.39 Å². The molecular formula is C12H18FN3O. The molecule has 17 heavy (non-hydrogen) atoms. The molecule has 4 nitrogen and oxygen atoms in total. The molecule has 1 aliphatic rings. The van der Waals surface area contributed by atoms with E-state index in [1.807, 2.05) is 0 Å². The van der Waals surface area contributed by atoms with Crippen molar-refractivity contribution in [2.75, 3.05) is 44.3 Å². The van der Waals surface area contributed by atoms with Gasteiger partial charge in [0.1, 0.15) is 5.82 Å². The van der Waals surface area contributed by atoms with E-state index < -0.39 is 0 Å². The van der Waals surface area contributed by atoms with Crippen LogP contribution >= 0.6 is 0 Å². The first-order valence-corrected chi connectivity index (χ1v) is 5.74. The van der Waals surface area contributed by atoms with Crippen LogP contribution in [-0.2, 0) is 4.74 Å². The van der Waals surface area contributed by atoms with Crippen LogP contribution in [0, 0.1) is 5.82 Å². The fourth-order valence-electron chi connectivity index (χ4n) is 1.90. The SMILES string of the molecule is CN1CCOC(CNc2cc(F)ccc2N)C1. The monoisotopic (exact) mass is 239 g/mol. The molecule has 94 valence electrons. The van der Waals surface area contributed by atoms with Crippen molar-refractivity contribution in [1.82, 2.24) is 4.90 Å². The number of nitrogens with two attached hydrogens (primary N) is 1. The Bertz CT molecular complexity index is 386. The summed E-state index contributed by atoms with van der Waals surface area (Å²) in [5.41, 5.74) is 6.93. The second kappa shape index (κ2) is 5.33. The van der Waals surface area contributed by atoms with Crippen molar-refractivity contribution in [1.29, 1.82) is 0 Å². The van der Waals surface area contributed by atoms with Crippen LogP contribution < -0.4 is 11.1 Å². The van der Waals surface area contributed by atoms with Crippen LogP contribution in [0.2, 0.25) is 0 Å². The number of anilines is 2. The normalized spacial score (nSPS) is 21.4. The quantitative estimate of drug-likeness (QED) is 0.777. The van der Waals surface area contributed by atoms with Crippen molar-refractivity contribution in [3.05, 3.63) is 24.0 Å². The third-order valence-electron chi connectivity index (χ3n) is 2.88. The minimum absolute atomic E-state index is 0.122. The summed E-state index contributed by atoms with van der Waals surface area (Å²) in [6, 6.07) is 4.32. The van der Waals surface area contributed by atoms with E-state index in [0.717, 1.165) is 19.7 Å². The second-order valence-corrected chi connectivity index (χ2v) is 4.37. The number of benzene rings is 1. The lowest BCUT2D eigenvalue weighted by molar-refractivity contribution is -0.0117. The Morgan fingerprint density at radius 2 is 2.41 bits per heavy atom. The molecule has 0 amide bonds. The number of morpholine rings is 1. The van der Waals surface area contributed by atoms with Crippen molar-refractivity contribution < 1.29 is 9.13 Å². The van der Waals surface area contributed by atoms with Gasteiger partial charge >= 0.3 is 0 Å². The first kappa shape index (κ1) is 12.1. The fourth-order valence-corrected chi connectivity index (χ4v) is 1.90. The number of hydrogen-bond donors (Lipinski definition) is 2. The number of likely N-dealkylation sites (N-methyl/N-ethyl adjacent to an activating group) is 1. The molecule has 0 aliphatic carbocycles. The number of nitrogens with one attached hydrogen (secondary N) is 1. The first-order chi connectivity index (χ1) is 8.15. The zero-order valence-corrected chi connectivity index (χ0v) is 9.95. The summed E-state index contributed by atoms with van der Waals surface area (Å²) < 4.78 is 18.6. The van der Waals surface area contributed by atoms with Crippen LogP contribution in [-0.4, -0.2) is 44.3 Å². The van der Waals surface area contributed by atoms with Crippen LogP contribution in [0.5, 0.6) is 0 Å². The zero-order chi connectivity index (χ0) is 12.3. The molecule has 1 saturated heterocycles. The van der Waals surface area contributed by atoms with E-state index in [-0.39, 0.29) is 11.9 Å². The molecule has 1 fully saturated rings. The van der Waals surface area contributed by atoms with Gasteiger partial charge in [-0.3, -0.25) is 0 Å². The number of hydrogen-bond acceptors (Lipinski definition) is 4. The lowest BCUT2D eigenvalue weighted by Crippen LogP contribution is -2.43. The van der Waals surface area contributed by atoms with Crippen LogP contribution in [0.3, 0.4) is 0 Å². The summed E-state index contributed by atoms with van der Waals surface area (Å²) in [5.74, 6) is -0.289. The summed E-state index contributed by atoms with van der Waals surface area (Å²) in [5, 5.41) is 3.13. The Kier molecular flexibility index (Phi) is 3.81. The molecule has 5 heteroatoms. The summed E-state index contributed by atoms with van der Waals surface area (Å²) in [6.45, 7) is 3.21. The van der Waals surface area contributed by atoms with Crippen LogP contribution in [0.1, 0.15) is 0 Å². The second-order valence-electron chi connectivity index (χ2n) is 4.37. The Hall–Kier alpha value is -1.33. The van der Waals surface area contributed by atoms with E-state index in [1.165, 1.54) is 12.1 Å². The van der Waals surface area contributed by atoms with Crippen molar-refractivity contribution in [2.45, 2.75) is 6.10 Å². The number of ether oxygens (including phenoxy) is 1. The Morgan fingerprint density at radius 1 is 1.59 bits per heavy atom. The van der Waals surface area contributed by atoms with Crippen molar-refractivity contribution >= 4 is 11.4 Å².